The zero-order valence-corrected chi connectivity index (χ0v) is 14.4. The van der Waals surface area contributed by atoms with Crippen LogP contribution >= 0.6 is 11.3 Å². The molecule has 1 heterocycles. The number of hydrogen-bond acceptors (Lipinski definition) is 4. The Labute approximate surface area is 145 Å². The van der Waals surface area contributed by atoms with Crippen molar-refractivity contribution in [2.75, 3.05) is 0 Å². The largest absolute Gasteiger partial charge is 0.298 e. The molecule has 3 nitrogen and oxygen atoms in total. The molecule has 2 fully saturated rings. The summed E-state index contributed by atoms with van der Waals surface area (Å²) in [7, 11) is 0. The van der Waals surface area contributed by atoms with Crippen molar-refractivity contribution < 1.29 is 9.59 Å². The van der Waals surface area contributed by atoms with Gasteiger partial charge in [0.25, 0.3) is 0 Å². The molecule has 0 amide bonds. The topological polar surface area (TPSA) is 47.0 Å². The van der Waals surface area contributed by atoms with Gasteiger partial charge in [-0.25, -0.2) is 4.98 Å². The van der Waals surface area contributed by atoms with Gasteiger partial charge in [-0.15, -0.1) is 11.3 Å². The third-order valence-corrected chi connectivity index (χ3v) is 6.34. The van der Waals surface area contributed by atoms with Crippen molar-refractivity contribution in [1.29, 1.82) is 0 Å². The number of nitrogens with zero attached hydrogens (tertiary/aromatic N) is 1. The van der Waals surface area contributed by atoms with Crippen molar-refractivity contribution >= 4 is 29.0 Å². The molecule has 0 radical (unpaired) electrons. The lowest BCUT2D eigenvalue weighted by Crippen LogP contribution is -2.35. The van der Waals surface area contributed by atoms with Crippen LogP contribution in [0.1, 0.15) is 41.3 Å². The lowest BCUT2D eigenvalue weighted by atomic mass is 9.77. The highest BCUT2D eigenvalue weighted by atomic mass is 32.1. The number of fused-ring (bicyclic) bond motifs is 2. The number of thiazole rings is 1. The van der Waals surface area contributed by atoms with Crippen molar-refractivity contribution in [3.05, 3.63) is 47.0 Å². The van der Waals surface area contributed by atoms with Gasteiger partial charge in [0.1, 0.15) is 10.9 Å². The second-order valence-corrected chi connectivity index (χ2v) is 7.93. The number of Topliss-reactive ketones (excluding diaryl/α,β-unsaturated/α-hetero) is 2. The van der Waals surface area contributed by atoms with Crippen LogP contribution in [0, 0.1) is 18.8 Å². The predicted molar refractivity (Wildman–Crippen MR) is 96.0 cm³/mol. The molecule has 0 N–H and O–H groups in total. The second kappa shape index (κ2) is 5.78. The third kappa shape index (κ3) is 2.37. The maximum absolute atomic E-state index is 12.7. The van der Waals surface area contributed by atoms with E-state index < -0.39 is 5.92 Å². The molecule has 2 aliphatic carbocycles. The SMILES string of the molecule is C=Cc1ccc(-c2nc(C3C(=O)[C@H]4CC[C@@H](C4)C3=O)c(C)s2)cc1. The molecule has 2 aromatic rings. The molecule has 2 atom stereocenters. The quantitative estimate of drug-likeness (QED) is 0.779. The third-order valence-electron chi connectivity index (χ3n) is 5.31. The fourth-order valence-electron chi connectivity index (χ4n) is 3.94. The van der Waals surface area contributed by atoms with E-state index in [4.69, 9.17) is 4.98 Å². The zero-order valence-electron chi connectivity index (χ0n) is 13.6. The Morgan fingerprint density at radius 2 is 1.75 bits per heavy atom. The van der Waals surface area contributed by atoms with Crippen molar-refractivity contribution in [2.24, 2.45) is 11.8 Å². The first kappa shape index (κ1) is 15.5. The van der Waals surface area contributed by atoms with Gasteiger partial charge in [0.2, 0.25) is 0 Å². The number of carbonyl (C=O) groups is 2. The van der Waals surface area contributed by atoms with Gasteiger partial charge in [0.05, 0.1) is 5.69 Å². The van der Waals surface area contributed by atoms with E-state index in [0.29, 0.717) is 5.69 Å². The molecule has 0 saturated heterocycles. The summed E-state index contributed by atoms with van der Waals surface area (Å²) in [5, 5.41) is 0.872. The van der Waals surface area contributed by atoms with Crippen LogP contribution in [-0.2, 0) is 9.59 Å². The van der Waals surface area contributed by atoms with E-state index in [9.17, 15) is 9.59 Å². The van der Waals surface area contributed by atoms with E-state index in [1.807, 2.05) is 31.2 Å². The Balaban J connectivity index is 1.71. The second-order valence-electron chi connectivity index (χ2n) is 6.73. The first-order valence-electron chi connectivity index (χ1n) is 8.36. The Bertz CT molecular complexity index is 812. The molecule has 24 heavy (non-hydrogen) atoms. The Kier molecular flexibility index (Phi) is 3.72. The van der Waals surface area contributed by atoms with Crippen molar-refractivity contribution in [2.45, 2.75) is 32.1 Å². The maximum atomic E-state index is 12.7. The number of aryl methyl sites for hydroxylation is 1. The van der Waals surface area contributed by atoms with Crippen molar-refractivity contribution in [3.63, 3.8) is 0 Å². The van der Waals surface area contributed by atoms with Crippen LogP contribution < -0.4 is 0 Å². The van der Waals surface area contributed by atoms with E-state index in [1.165, 1.54) is 0 Å². The van der Waals surface area contributed by atoms with Gasteiger partial charge < -0.3 is 0 Å². The Hall–Kier alpha value is -2.07. The summed E-state index contributed by atoms with van der Waals surface area (Å²) in [4.78, 5) is 31.1. The summed E-state index contributed by atoms with van der Waals surface area (Å²) >= 11 is 1.56. The highest BCUT2D eigenvalue weighted by Gasteiger charge is 2.48. The van der Waals surface area contributed by atoms with Gasteiger partial charge in [-0.2, -0.15) is 0 Å². The molecule has 0 unspecified atom stereocenters. The molecule has 0 aliphatic heterocycles. The lowest BCUT2D eigenvalue weighted by molar-refractivity contribution is -0.136. The maximum Gasteiger partial charge on any atom is 0.152 e. The van der Waals surface area contributed by atoms with Crippen LogP contribution in [0.5, 0.6) is 0 Å². The predicted octanol–water partition coefficient (Wildman–Crippen LogP) is 4.41. The molecular weight excluding hydrogens is 318 g/mol. The number of benzene rings is 1. The lowest BCUT2D eigenvalue weighted by Gasteiger charge is -2.24. The molecule has 1 aromatic heterocycles. The van der Waals surface area contributed by atoms with Gasteiger partial charge in [0.15, 0.2) is 11.6 Å². The van der Waals surface area contributed by atoms with Crippen molar-refractivity contribution in [1.82, 2.24) is 4.98 Å². The Morgan fingerprint density at radius 1 is 1.12 bits per heavy atom. The molecule has 2 aliphatic rings. The van der Waals surface area contributed by atoms with E-state index in [0.717, 1.165) is 40.3 Å². The normalized spacial score (nSPS) is 26.0. The number of hydrogen-bond donors (Lipinski definition) is 0. The fraction of sp³-hybridized carbons (Fsp3) is 0.350. The average molecular weight is 337 g/mol. The minimum Gasteiger partial charge on any atom is -0.298 e. The van der Waals surface area contributed by atoms with E-state index >= 15 is 0 Å². The van der Waals surface area contributed by atoms with Crippen LogP contribution in [0.25, 0.3) is 16.6 Å². The monoisotopic (exact) mass is 337 g/mol. The summed E-state index contributed by atoms with van der Waals surface area (Å²) in [5.74, 6) is -0.316. The van der Waals surface area contributed by atoms with Crippen LogP contribution in [0.3, 0.4) is 0 Å². The summed E-state index contributed by atoms with van der Waals surface area (Å²) in [6.07, 6.45) is 4.29. The summed E-state index contributed by atoms with van der Waals surface area (Å²) < 4.78 is 0. The smallest absolute Gasteiger partial charge is 0.152 e. The summed E-state index contributed by atoms with van der Waals surface area (Å²) in [6.45, 7) is 5.73. The minimum atomic E-state index is -0.631. The highest BCUT2D eigenvalue weighted by Crippen LogP contribution is 2.45. The Morgan fingerprint density at radius 3 is 2.33 bits per heavy atom. The molecular formula is C20H19NO2S. The first-order valence-corrected chi connectivity index (χ1v) is 9.17. The van der Waals surface area contributed by atoms with Crippen LogP contribution in [-0.4, -0.2) is 16.6 Å². The fourth-order valence-corrected chi connectivity index (χ4v) is 4.90. The summed E-state index contributed by atoms with van der Waals surface area (Å²) in [6, 6.07) is 8.01. The zero-order chi connectivity index (χ0) is 16.8. The standard InChI is InChI=1S/C20H19NO2S/c1-3-12-4-6-13(7-5-12)20-21-17(11(2)24-20)16-18(22)14-8-9-15(10-14)19(16)23/h3-7,14-16H,1,8-10H2,2H3/t14-,15-/m0/s1. The van der Waals surface area contributed by atoms with E-state index in [-0.39, 0.29) is 23.4 Å². The first-order chi connectivity index (χ1) is 11.6. The number of aromatic nitrogens is 1. The average Bonchev–Trinajstić information content (AvgIpc) is 3.20. The molecule has 1 aromatic carbocycles. The van der Waals surface area contributed by atoms with E-state index in [2.05, 4.69) is 6.58 Å². The number of carbonyl (C=O) groups excluding carboxylic acids is 2. The minimum absolute atomic E-state index is 0.0640. The van der Waals surface area contributed by atoms with Crippen LogP contribution in [0.15, 0.2) is 30.8 Å². The van der Waals surface area contributed by atoms with Gasteiger partial charge in [0, 0.05) is 22.3 Å². The molecule has 0 spiro atoms. The van der Waals surface area contributed by atoms with Gasteiger partial charge in [-0.3, -0.25) is 9.59 Å². The van der Waals surface area contributed by atoms with Gasteiger partial charge in [-0.1, -0.05) is 36.9 Å². The van der Waals surface area contributed by atoms with Gasteiger partial charge in [-0.05, 0) is 31.7 Å². The molecule has 4 heteroatoms. The molecule has 4 rings (SSSR count). The number of rotatable bonds is 3. The summed E-state index contributed by atoms with van der Waals surface area (Å²) in [5.41, 5.74) is 2.76. The van der Waals surface area contributed by atoms with Crippen molar-refractivity contribution in [3.8, 4) is 10.6 Å². The van der Waals surface area contributed by atoms with Gasteiger partial charge >= 0.3 is 0 Å². The molecule has 2 saturated carbocycles. The van der Waals surface area contributed by atoms with Crippen LogP contribution in [0.2, 0.25) is 0 Å². The number of ketones is 2. The van der Waals surface area contributed by atoms with Crippen LogP contribution in [0.4, 0.5) is 0 Å². The van der Waals surface area contributed by atoms with E-state index in [1.54, 1.807) is 17.4 Å². The molecule has 2 bridgehead atoms. The highest BCUT2D eigenvalue weighted by molar-refractivity contribution is 7.15. The molecule has 122 valence electrons.